The van der Waals surface area contributed by atoms with Gasteiger partial charge in [-0.25, -0.2) is 9.97 Å². The highest BCUT2D eigenvalue weighted by atomic mass is 32.2. The van der Waals surface area contributed by atoms with Gasteiger partial charge in [-0.15, -0.1) is 0 Å². The Morgan fingerprint density at radius 1 is 1.31 bits per heavy atom. The van der Waals surface area contributed by atoms with Gasteiger partial charge in [0.2, 0.25) is 0 Å². The van der Waals surface area contributed by atoms with E-state index in [1.807, 2.05) is 25.1 Å². The molecule has 0 radical (unpaired) electrons. The van der Waals surface area contributed by atoms with Crippen LogP contribution in [0.25, 0.3) is 0 Å². The Morgan fingerprint density at radius 2 is 2.19 bits per heavy atom. The average molecular weight is 232 g/mol. The Morgan fingerprint density at radius 3 is 2.81 bits per heavy atom. The van der Waals surface area contributed by atoms with Crippen molar-refractivity contribution in [2.24, 2.45) is 0 Å². The molecule has 0 fully saturated rings. The van der Waals surface area contributed by atoms with Crippen LogP contribution in [0, 0.1) is 6.92 Å². The van der Waals surface area contributed by atoms with Crippen molar-refractivity contribution in [3.63, 3.8) is 0 Å². The van der Waals surface area contributed by atoms with Crippen molar-refractivity contribution < 1.29 is 5.11 Å². The second-order valence-electron chi connectivity index (χ2n) is 3.40. The van der Waals surface area contributed by atoms with E-state index in [4.69, 9.17) is 5.11 Å². The van der Waals surface area contributed by atoms with Gasteiger partial charge in [0.15, 0.2) is 0 Å². The molecule has 0 aliphatic carbocycles. The molecule has 1 aromatic heterocycles. The van der Waals surface area contributed by atoms with Gasteiger partial charge in [-0.05, 0) is 36.2 Å². The summed E-state index contributed by atoms with van der Waals surface area (Å²) in [6.07, 6.45) is 3.27. The van der Waals surface area contributed by atoms with Crippen molar-refractivity contribution in [3.05, 3.63) is 47.9 Å². The molecule has 0 aliphatic heterocycles. The van der Waals surface area contributed by atoms with Crippen LogP contribution in [-0.4, -0.2) is 15.1 Å². The Hall–Kier alpha value is -1.39. The summed E-state index contributed by atoms with van der Waals surface area (Å²) in [5.41, 5.74) is 2.06. The summed E-state index contributed by atoms with van der Waals surface area (Å²) >= 11 is 1.59. The Bertz CT molecular complexity index is 474. The van der Waals surface area contributed by atoms with Crippen LogP contribution in [0.4, 0.5) is 0 Å². The maximum Gasteiger partial charge on any atom is 0.116 e. The molecule has 82 valence electrons. The third-order valence-corrected chi connectivity index (χ3v) is 3.20. The van der Waals surface area contributed by atoms with Gasteiger partial charge in [0.25, 0.3) is 0 Å². The van der Waals surface area contributed by atoms with E-state index >= 15 is 0 Å². The second-order valence-corrected chi connectivity index (χ2v) is 4.49. The zero-order valence-electron chi connectivity index (χ0n) is 8.92. The molecule has 3 nitrogen and oxygen atoms in total. The van der Waals surface area contributed by atoms with Crippen LogP contribution < -0.4 is 0 Å². The standard InChI is InChI=1S/C12H12N2OS/c1-9-6-11(3-2-10(9)7-15)16-12-4-5-13-8-14-12/h2-6,8,15H,7H2,1H3. The maximum atomic E-state index is 9.07. The quantitative estimate of drug-likeness (QED) is 0.826. The molecule has 2 rings (SSSR count). The molecule has 0 amide bonds. The molecule has 0 unspecified atom stereocenters. The van der Waals surface area contributed by atoms with E-state index in [1.165, 1.54) is 6.33 Å². The van der Waals surface area contributed by atoms with E-state index in [1.54, 1.807) is 18.0 Å². The number of aliphatic hydroxyl groups is 1. The number of hydrogen-bond donors (Lipinski definition) is 1. The minimum absolute atomic E-state index is 0.0876. The van der Waals surface area contributed by atoms with E-state index in [0.717, 1.165) is 21.0 Å². The third-order valence-electron chi connectivity index (χ3n) is 2.26. The van der Waals surface area contributed by atoms with Crippen molar-refractivity contribution in [3.8, 4) is 0 Å². The molecular weight excluding hydrogens is 220 g/mol. The van der Waals surface area contributed by atoms with E-state index in [2.05, 4.69) is 16.0 Å². The Kier molecular flexibility index (Phi) is 3.54. The molecule has 1 aromatic carbocycles. The summed E-state index contributed by atoms with van der Waals surface area (Å²) in [4.78, 5) is 9.14. The van der Waals surface area contributed by atoms with Gasteiger partial charge in [-0.2, -0.15) is 0 Å². The molecule has 0 spiro atoms. The number of benzene rings is 1. The van der Waals surface area contributed by atoms with Crippen molar-refractivity contribution >= 4 is 11.8 Å². The fraction of sp³-hybridized carbons (Fsp3) is 0.167. The van der Waals surface area contributed by atoms with Crippen molar-refractivity contribution in [1.82, 2.24) is 9.97 Å². The van der Waals surface area contributed by atoms with Crippen molar-refractivity contribution in [2.75, 3.05) is 0 Å². The van der Waals surface area contributed by atoms with Crippen LogP contribution in [0.5, 0.6) is 0 Å². The number of aryl methyl sites for hydroxylation is 1. The summed E-state index contributed by atoms with van der Waals surface area (Å²) in [5.74, 6) is 0. The SMILES string of the molecule is Cc1cc(Sc2ccncn2)ccc1CO. The summed E-state index contributed by atoms with van der Waals surface area (Å²) in [7, 11) is 0. The zero-order valence-corrected chi connectivity index (χ0v) is 9.74. The van der Waals surface area contributed by atoms with Crippen LogP contribution >= 0.6 is 11.8 Å². The van der Waals surface area contributed by atoms with Gasteiger partial charge in [0.1, 0.15) is 11.4 Å². The molecule has 1 heterocycles. The minimum atomic E-state index is 0.0876. The number of nitrogens with zero attached hydrogens (tertiary/aromatic N) is 2. The predicted molar refractivity (Wildman–Crippen MR) is 63.3 cm³/mol. The molecule has 0 aliphatic rings. The monoisotopic (exact) mass is 232 g/mol. The van der Waals surface area contributed by atoms with Gasteiger partial charge in [0.05, 0.1) is 6.61 Å². The number of aromatic nitrogens is 2. The largest absolute Gasteiger partial charge is 0.392 e. The molecule has 0 atom stereocenters. The highest BCUT2D eigenvalue weighted by Crippen LogP contribution is 2.27. The topological polar surface area (TPSA) is 46.0 Å². The molecule has 4 heteroatoms. The second kappa shape index (κ2) is 5.09. The smallest absolute Gasteiger partial charge is 0.116 e. The lowest BCUT2D eigenvalue weighted by atomic mass is 10.1. The molecule has 16 heavy (non-hydrogen) atoms. The fourth-order valence-corrected chi connectivity index (χ4v) is 2.21. The fourth-order valence-electron chi connectivity index (χ4n) is 1.37. The Balaban J connectivity index is 2.20. The van der Waals surface area contributed by atoms with E-state index in [-0.39, 0.29) is 6.61 Å². The van der Waals surface area contributed by atoms with E-state index < -0.39 is 0 Å². The van der Waals surface area contributed by atoms with Gasteiger partial charge >= 0.3 is 0 Å². The Labute approximate surface area is 98.6 Å². The molecule has 2 aromatic rings. The molecule has 0 saturated carbocycles. The molecule has 1 N–H and O–H groups in total. The van der Waals surface area contributed by atoms with Crippen LogP contribution in [0.15, 0.2) is 46.7 Å². The molecular formula is C12H12N2OS. The van der Waals surface area contributed by atoms with Crippen molar-refractivity contribution in [2.45, 2.75) is 23.5 Å². The predicted octanol–water partition coefficient (Wildman–Crippen LogP) is 2.43. The summed E-state index contributed by atoms with van der Waals surface area (Å²) in [5, 5.41) is 9.99. The van der Waals surface area contributed by atoms with Crippen molar-refractivity contribution in [1.29, 1.82) is 0 Å². The first kappa shape index (κ1) is 11.1. The first-order valence-electron chi connectivity index (χ1n) is 4.94. The summed E-state index contributed by atoms with van der Waals surface area (Å²) in [6, 6.07) is 7.86. The molecule has 0 saturated heterocycles. The van der Waals surface area contributed by atoms with Gasteiger partial charge < -0.3 is 5.11 Å². The highest BCUT2D eigenvalue weighted by Gasteiger charge is 2.01. The first-order valence-corrected chi connectivity index (χ1v) is 5.75. The third kappa shape index (κ3) is 2.59. The lowest BCUT2D eigenvalue weighted by Gasteiger charge is -2.05. The highest BCUT2D eigenvalue weighted by molar-refractivity contribution is 7.99. The lowest BCUT2D eigenvalue weighted by molar-refractivity contribution is 0.281. The summed E-state index contributed by atoms with van der Waals surface area (Å²) in [6.45, 7) is 2.08. The van der Waals surface area contributed by atoms with E-state index in [9.17, 15) is 0 Å². The van der Waals surface area contributed by atoms with Crippen LogP contribution in [0.3, 0.4) is 0 Å². The van der Waals surface area contributed by atoms with Crippen LogP contribution in [0.1, 0.15) is 11.1 Å². The van der Waals surface area contributed by atoms with Gasteiger partial charge in [0, 0.05) is 11.1 Å². The normalized spacial score (nSPS) is 10.4. The minimum Gasteiger partial charge on any atom is -0.392 e. The molecule has 0 bridgehead atoms. The number of rotatable bonds is 3. The summed E-state index contributed by atoms with van der Waals surface area (Å²) < 4.78 is 0. The maximum absolute atomic E-state index is 9.07. The average Bonchev–Trinajstić information content (AvgIpc) is 2.31. The van der Waals surface area contributed by atoms with E-state index in [0.29, 0.717) is 0 Å². The van der Waals surface area contributed by atoms with Crippen LogP contribution in [0.2, 0.25) is 0 Å². The lowest BCUT2D eigenvalue weighted by Crippen LogP contribution is -1.88. The van der Waals surface area contributed by atoms with Crippen LogP contribution in [-0.2, 0) is 6.61 Å². The van der Waals surface area contributed by atoms with Gasteiger partial charge in [-0.3, -0.25) is 0 Å². The first-order chi connectivity index (χ1) is 7.79. The van der Waals surface area contributed by atoms with Gasteiger partial charge in [-0.1, -0.05) is 17.8 Å². The zero-order chi connectivity index (χ0) is 11.4. The number of aliphatic hydroxyl groups excluding tert-OH is 1. The number of hydrogen-bond acceptors (Lipinski definition) is 4.